The van der Waals surface area contributed by atoms with Gasteiger partial charge in [-0.1, -0.05) is 0 Å². The fraction of sp³-hybridized carbons (Fsp3) is 0.889. The van der Waals surface area contributed by atoms with Gasteiger partial charge in [-0.25, -0.2) is 4.79 Å². The van der Waals surface area contributed by atoms with Gasteiger partial charge in [-0.15, -0.1) is 12.4 Å². The lowest BCUT2D eigenvalue weighted by molar-refractivity contribution is -0.887. The van der Waals surface area contributed by atoms with E-state index in [4.69, 9.17) is 10.5 Å². The van der Waals surface area contributed by atoms with E-state index in [1.54, 1.807) is 0 Å². The Morgan fingerprint density at radius 2 is 1.87 bits per heavy atom. The number of carbonyl (C=O) groups excluding carboxylic acids is 1. The van der Waals surface area contributed by atoms with E-state index in [9.17, 15) is 4.79 Å². The topological polar surface area (TPSA) is 52.3 Å². The highest BCUT2D eigenvalue weighted by atomic mass is 35.5. The molecular formula is C9H22Cl2N2O2. The fourth-order valence-electron chi connectivity index (χ4n) is 1.27. The van der Waals surface area contributed by atoms with Gasteiger partial charge < -0.3 is 27.4 Å². The molecular weight excluding hydrogens is 239 g/mol. The number of rotatable bonds is 5. The Kier molecular flexibility index (Phi) is 12.5. The lowest BCUT2D eigenvalue weighted by Gasteiger charge is -2.31. The van der Waals surface area contributed by atoms with Crippen LogP contribution in [0.15, 0.2) is 0 Å². The van der Waals surface area contributed by atoms with Crippen LogP contribution in [0, 0.1) is 0 Å². The zero-order valence-electron chi connectivity index (χ0n) is 9.83. The third-order valence-electron chi connectivity index (χ3n) is 2.09. The number of methoxy groups -OCH3 is 1. The summed E-state index contributed by atoms with van der Waals surface area (Å²) in [7, 11) is 7.38. The summed E-state index contributed by atoms with van der Waals surface area (Å²) in [6, 6.07) is -0.103. The Bertz CT molecular complexity index is 172. The number of quaternary nitrogens is 1. The number of esters is 1. The number of hydrogen-bond acceptors (Lipinski definition) is 3. The maximum absolute atomic E-state index is 11.4. The highest BCUT2D eigenvalue weighted by Gasteiger charge is 2.31. The minimum absolute atomic E-state index is 0. The predicted octanol–water partition coefficient (Wildman–Crippen LogP) is -2.60. The molecule has 0 radical (unpaired) electrons. The number of nitrogens with zero attached hydrogens (tertiary/aromatic N) is 1. The molecule has 0 aliphatic carbocycles. The smallest absolute Gasteiger partial charge is 0.364 e. The molecule has 0 bridgehead atoms. The highest BCUT2D eigenvalue weighted by Crippen LogP contribution is 2.11. The number of carbonyl (C=O) groups is 1. The standard InChI is InChI=1S/C9H21N2O2.2ClH/c1-11(2,3)8(6-5-7-10)9(12)13-4;;/h8H,5-7,10H2,1-4H3;2*1H/q+1;;/p-1/t8-;;/m0../s1. The first-order chi connectivity index (χ1) is 5.93. The zero-order chi connectivity index (χ0) is 10.5. The molecule has 0 rings (SSSR count). The lowest BCUT2D eigenvalue weighted by atomic mass is 10.1. The van der Waals surface area contributed by atoms with Gasteiger partial charge in [-0.2, -0.15) is 0 Å². The Morgan fingerprint density at radius 1 is 1.40 bits per heavy atom. The van der Waals surface area contributed by atoms with Crippen LogP contribution in [0.2, 0.25) is 0 Å². The third-order valence-corrected chi connectivity index (χ3v) is 2.09. The van der Waals surface area contributed by atoms with Gasteiger partial charge in [-0.3, -0.25) is 0 Å². The van der Waals surface area contributed by atoms with E-state index in [1.807, 2.05) is 21.1 Å². The number of nitrogens with two attached hydrogens (primary N) is 1. The van der Waals surface area contributed by atoms with Crippen molar-refractivity contribution < 1.29 is 26.4 Å². The van der Waals surface area contributed by atoms with E-state index in [0.717, 1.165) is 12.8 Å². The molecule has 0 spiro atoms. The number of ether oxygens (including phenoxy) is 1. The second-order valence-electron chi connectivity index (χ2n) is 4.09. The Hall–Kier alpha value is -0.0300. The van der Waals surface area contributed by atoms with Crippen LogP contribution in [-0.2, 0) is 9.53 Å². The summed E-state index contributed by atoms with van der Waals surface area (Å²) >= 11 is 0. The summed E-state index contributed by atoms with van der Waals surface area (Å²) in [6.45, 7) is 0.619. The van der Waals surface area contributed by atoms with Gasteiger partial charge in [0, 0.05) is 6.42 Å². The van der Waals surface area contributed by atoms with Crippen LogP contribution < -0.4 is 18.1 Å². The fourth-order valence-corrected chi connectivity index (χ4v) is 1.27. The van der Waals surface area contributed by atoms with Crippen LogP contribution in [-0.4, -0.2) is 51.3 Å². The van der Waals surface area contributed by atoms with Crippen LogP contribution in [0.4, 0.5) is 0 Å². The molecule has 0 aromatic carbocycles. The quantitative estimate of drug-likeness (QED) is 0.436. The van der Waals surface area contributed by atoms with Crippen LogP contribution in [0.5, 0.6) is 0 Å². The van der Waals surface area contributed by atoms with Gasteiger partial charge in [0.2, 0.25) is 0 Å². The average molecular weight is 261 g/mol. The third kappa shape index (κ3) is 7.85. The minimum atomic E-state index is -0.152. The second kappa shape index (κ2) is 9.21. The molecule has 0 aromatic heterocycles. The van der Waals surface area contributed by atoms with Crippen molar-refractivity contribution in [3.8, 4) is 0 Å². The van der Waals surface area contributed by atoms with Gasteiger partial charge in [0.25, 0.3) is 0 Å². The number of halogens is 2. The molecule has 0 aliphatic heterocycles. The number of likely N-dealkylation sites (N-methyl/N-ethyl adjacent to an activating group) is 1. The predicted molar refractivity (Wildman–Crippen MR) is 59.4 cm³/mol. The van der Waals surface area contributed by atoms with E-state index >= 15 is 0 Å². The van der Waals surface area contributed by atoms with E-state index in [1.165, 1.54) is 7.11 Å². The molecule has 2 N–H and O–H groups in total. The Balaban J connectivity index is -0.000000720. The highest BCUT2D eigenvalue weighted by molar-refractivity contribution is 5.85. The van der Waals surface area contributed by atoms with Crippen molar-refractivity contribution in [1.29, 1.82) is 0 Å². The summed E-state index contributed by atoms with van der Waals surface area (Å²) in [5, 5.41) is 0. The monoisotopic (exact) mass is 260 g/mol. The van der Waals surface area contributed by atoms with Crippen molar-refractivity contribution >= 4 is 18.4 Å². The van der Waals surface area contributed by atoms with E-state index in [-0.39, 0.29) is 36.8 Å². The van der Waals surface area contributed by atoms with Crippen LogP contribution >= 0.6 is 12.4 Å². The van der Waals surface area contributed by atoms with E-state index in [2.05, 4.69) is 0 Å². The Morgan fingerprint density at radius 3 is 2.13 bits per heavy atom. The summed E-state index contributed by atoms with van der Waals surface area (Å²) in [4.78, 5) is 11.4. The molecule has 0 amide bonds. The van der Waals surface area contributed by atoms with Gasteiger partial charge in [0.1, 0.15) is 0 Å². The Labute approximate surface area is 105 Å². The summed E-state index contributed by atoms with van der Waals surface area (Å²) in [5.41, 5.74) is 5.40. The maximum atomic E-state index is 11.4. The summed E-state index contributed by atoms with van der Waals surface area (Å²) in [5.74, 6) is -0.152. The first-order valence-corrected chi connectivity index (χ1v) is 4.52. The van der Waals surface area contributed by atoms with Crippen molar-refractivity contribution in [3.63, 3.8) is 0 Å². The van der Waals surface area contributed by atoms with Crippen molar-refractivity contribution in [3.05, 3.63) is 0 Å². The van der Waals surface area contributed by atoms with Gasteiger partial charge in [0.05, 0.1) is 28.3 Å². The summed E-state index contributed by atoms with van der Waals surface area (Å²) in [6.07, 6.45) is 1.64. The number of hydrogen-bond donors (Lipinski definition) is 1. The molecule has 6 heteroatoms. The SMILES string of the molecule is COC(=O)[C@H](CCCN)[N+](C)(C)C.Cl.[Cl-]. The molecule has 0 fully saturated rings. The van der Waals surface area contributed by atoms with Crippen LogP contribution in [0.25, 0.3) is 0 Å². The average Bonchev–Trinajstić information content (AvgIpc) is 2.02. The van der Waals surface area contributed by atoms with Crippen molar-refractivity contribution in [2.75, 3.05) is 34.8 Å². The molecule has 0 saturated carbocycles. The molecule has 94 valence electrons. The zero-order valence-corrected chi connectivity index (χ0v) is 11.4. The van der Waals surface area contributed by atoms with E-state index in [0.29, 0.717) is 11.0 Å². The molecule has 0 saturated heterocycles. The summed E-state index contributed by atoms with van der Waals surface area (Å²) < 4.78 is 5.33. The molecule has 4 nitrogen and oxygen atoms in total. The molecule has 0 heterocycles. The van der Waals surface area contributed by atoms with Crippen molar-refractivity contribution in [2.45, 2.75) is 18.9 Å². The first kappa shape index (κ1) is 20.4. The maximum Gasteiger partial charge on any atom is 0.364 e. The first-order valence-electron chi connectivity index (χ1n) is 4.52. The van der Waals surface area contributed by atoms with Gasteiger partial charge >= 0.3 is 5.97 Å². The van der Waals surface area contributed by atoms with Gasteiger partial charge in [-0.05, 0) is 13.0 Å². The lowest BCUT2D eigenvalue weighted by Crippen LogP contribution is -3.00. The van der Waals surface area contributed by atoms with Crippen LogP contribution in [0.3, 0.4) is 0 Å². The second-order valence-corrected chi connectivity index (χ2v) is 4.09. The van der Waals surface area contributed by atoms with Crippen molar-refractivity contribution in [2.24, 2.45) is 5.73 Å². The molecule has 1 atom stereocenters. The molecule has 0 aliphatic rings. The van der Waals surface area contributed by atoms with Gasteiger partial charge in [0.15, 0.2) is 6.04 Å². The largest absolute Gasteiger partial charge is 1.00 e. The molecule has 0 aromatic rings. The molecule has 15 heavy (non-hydrogen) atoms. The minimum Gasteiger partial charge on any atom is -1.00 e. The van der Waals surface area contributed by atoms with E-state index < -0.39 is 0 Å². The molecule has 0 unspecified atom stereocenters. The van der Waals surface area contributed by atoms with Crippen LogP contribution in [0.1, 0.15) is 12.8 Å². The van der Waals surface area contributed by atoms with Crippen molar-refractivity contribution in [1.82, 2.24) is 0 Å². The normalized spacial score (nSPS) is 12.1.